The maximum Gasteiger partial charge on any atom is 0.453 e. The first-order chi connectivity index (χ1) is 6.45. The van der Waals surface area contributed by atoms with Gasteiger partial charge < -0.3 is 0 Å². The summed E-state index contributed by atoms with van der Waals surface area (Å²) in [5, 5.41) is 13.5. The lowest BCUT2D eigenvalue weighted by atomic mass is 10.1. The van der Waals surface area contributed by atoms with Gasteiger partial charge in [0.15, 0.2) is 0 Å². The molecule has 1 atom stereocenters. The van der Waals surface area contributed by atoms with E-state index < -0.39 is 12.0 Å². The molecule has 0 saturated carbocycles. The average molecular weight is 204 g/mol. The van der Waals surface area contributed by atoms with Gasteiger partial charge in [-0.1, -0.05) is 6.92 Å². The van der Waals surface area contributed by atoms with Crippen molar-refractivity contribution in [2.75, 3.05) is 0 Å². The predicted molar refractivity (Wildman–Crippen MR) is 40.0 cm³/mol. The van der Waals surface area contributed by atoms with Gasteiger partial charge in [0.05, 0.1) is 6.07 Å². The lowest BCUT2D eigenvalue weighted by Crippen LogP contribution is -2.07. The summed E-state index contributed by atoms with van der Waals surface area (Å²) >= 11 is 0. The highest BCUT2D eigenvalue weighted by Crippen LogP contribution is 2.27. The molecule has 1 heterocycles. The molecule has 7 heteroatoms. The molecule has 4 nitrogen and oxygen atoms in total. The second-order valence-electron chi connectivity index (χ2n) is 2.81. The average Bonchev–Trinajstić information content (AvgIpc) is 2.51. The molecule has 0 aliphatic heterocycles. The fourth-order valence-corrected chi connectivity index (χ4v) is 0.855. The van der Waals surface area contributed by atoms with Crippen LogP contribution in [0.1, 0.15) is 30.9 Å². The third-order valence-electron chi connectivity index (χ3n) is 1.62. The minimum absolute atomic E-state index is 0.0823. The molecule has 0 aromatic carbocycles. The second kappa shape index (κ2) is 3.65. The lowest BCUT2D eigenvalue weighted by molar-refractivity contribution is -0.144. The molecule has 1 unspecified atom stereocenters. The predicted octanol–water partition coefficient (Wildman–Crippen LogP) is 1.84. The fourth-order valence-electron chi connectivity index (χ4n) is 0.855. The molecule has 14 heavy (non-hydrogen) atoms. The Morgan fingerprint density at radius 2 is 2.21 bits per heavy atom. The maximum absolute atomic E-state index is 12.0. The van der Waals surface area contributed by atoms with Gasteiger partial charge in [-0.2, -0.15) is 18.4 Å². The molecule has 0 spiro atoms. The molecule has 0 aliphatic carbocycles. The Morgan fingerprint density at radius 1 is 1.57 bits per heavy atom. The van der Waals surface area contributed by atoms with E-state index in [1.54, 1.807) is 6.92 Å². The Hall–Kier alpha value is -1.58. The molecule has 0 saturated heterocycles. The van der Waals surface area contributed by atoms with E-state index in [2.05, 4.69) is 15.2 Å². The Bertz CT molecular complexity index is 349. The van der Waals surface area contributed by atoms with Crippen LogP contribution < -0.4 is 0 Å². The van der Waals surface area contributed by atoms with Crippen LogP contribution in [0, 0.1) is 11.3 Å². The van der Waals surface area contributed by atoms with E-state index in [0.29, 0.717) is 0 Å². The first-order valence-electron chi connectivity index (χ1n) is 3.81. The number of nitrogens with one attached hydrogen (secondary N) is 1. The van der Waals surface area contributed by atoms with Crippen LogP contribution >= 0.6 is 0 Å². The highest BCUT2D eigenvalue weighted by molar-refractivity contribution is 5.01. The number of nitriles is 1. The summed E-state index contributed by atoms with van der Waals surface area (Å²) in [7, 11) is 0. The summed E-state index contributed by atoms with van der Waals surface area (Å²) in [6.45, 7) is 1.60. The quantitative estimate of drug-likeness (QED) is 0.799. The van der Waals surface area contributed by atoms with Crippen molar-refractivity contribution in [2.24, 2.45) is 0 Å². The molecule has 0 aliphatic rings. The number of rotatable bonds is 2. The number of hydrogen-bond donors (Lipinski definition) is 1. The van der Waals surface area contributed by atoms with Crippen LogP contribution in [0.3, 0.4) is 0 Å². The first-order valence-corrected chi connectivity index (χ1v) is 3.81. The van der Waals surface area contributed by atoms with Crippen LogP contribution in [-0.2, 0) is 6.18 Å². The van der Waals surface area contributed by atoms with Crippen molar-refractivity contribution in [1.29, 1.82) is 5.26 Å². The number of hydrogen-bond acceptors (Lipinski definition) is 3. The second-order valence-corrected chi connectivity index (χ2v) is 2.81. The standard InChI is InChI=1S/C7H7F3N4/c1-4(2-3-11)5-12-6(14-13-5)7(8,9)10/h4H,2H2,1H3,(H,12,13,14). The minimum Gasteiger partial charge on any atom is -0.262 e. The van der Waals surface area contributed by atoms with E-state index in [4.69, 9.17) is 5.26 Å². The Labute approximate surface area is 77.8 Å². The van der Waals surface area contributed by atoms with Crippen LogP contribution in [0.15, 0.2) is 0 Å². The highest BCUT2D eigenvalue weighted by atomic mass is 19.4. The van der Waals surface area contributed by atoms with Gasteiger partial charge in [-0.3, -0.25) is 5.10 Å². The molecular weight excluding hydrogens is 197 g/mol. The van der Waals surface area contributed by atoms with E-state index in [1.165, 1.54) is 0 Å². The molecule has 0 fully saturated rings. The van der Waals surface area contributed by atoms with E-state index in [-0.39, 0.29) is 18.2 Å². The number of halogens is 3. The van der Waals surface area contributed by atoms with Crippen molar-refractivity contribution in [1.82, 2.24) is 15.2 Å². The van der Waals surface area contributed by atoms with E-state index in [9.17, 15) is 13.2 Å². The summed E-state index contributed by atoms with van der Waals surface area (Å²) in [5.74, 6) is -1.49. The highest BCUT2D eigenvalue weighted by Gasteiger charge is 2.36. The smallest absolute Gasteiger partial charge is 0.262 e. The molecule has 1 rings (SSSR count). The molecular formula is C7H7F3N4. The van der Waals surface area contributed by atoms with E-state index >= 15 is 0 Å². The zero-order valence-electron chi connectivity index (χ0n) is 7.26. The normalized spacial score (nSPS) is 13.6. The van der Waals surface area contributed by atoms with Gasteiger partial charge in [0.1, 0.15) is 5.82 Å². The van der Waals surface area contributed by atoms with Crippen molar-refractivity contribution in [3.8, 4) is 6.07 Å². The number of alkyl halides is 3. The third kappa shape index (κ3) is 2.22. The molecule has 0 amide bonds. The Kier molecular flexibility index (Phi) is 2.74. The number of aromatic nitrogens is 3. The minimum atomic E-state index is -4.54. The van der Waals surface area contributed by atoms with E-state index in [1.807, 2.05) is 6.07 Å². The fraction of sp³-hybridized carbons (Fsp3) is 0.571. The van der Waals surface area contributed by atoms with Gasteiger partial charge in [-0.15, -0.1) is 5.10 Å². The third-order valence-corrected chi connectivity index (χ3v) is 1.62. The van der Waals surface area contributed by atoms with Crippen LogP contribution in [0.5, 0.6) is 0 Å². The van der Waals surface area contributed by atoms with Crippen LogP contribution in [0.2, 0.25) is 0 Å². The Balaban J connectivity index is 2.84. The summed E-state index contributed by atoms with van der Waals surface area (Å²) < 4.78 is 36.1. The molecule has 1 N–H and O–H groups in total. The van der Waals surface area contributed by atoms with Crippen molar-refractivity contribution in [2.45, 2.75) is 25.4 Å². The Morgan fingerprint density at radius 3 is 2.64 bits per heavy atom. The van der Waals surface area contributed by atoms with Crippen LogP contribution in [-0.4, -0.2) is 15.2 Å². The molecule has 0 radical (unpaired) electrons. The van der Waals surface area contributed by atoms with Crippen LogP contribution in [0.25, 0.3) is 0 Å². The number of nitrogens with zero attached hydrogens (tertiary/aromatic N) is 3. The topological polar surface area (TPSA) is 65.4 Å². The van der Waals surface area contributed by atoms with E-state index in [0.717, 1.165) is 0 Å². The number of aromatic amines is 1. The summed E-state index contributed by atoms with van der Waals surface area (Å²) in [5.41, 5.74) is 0. The summed E-state index contributed by atoms with van der Waals surface area (Å²) in [4.78, 5) is 3.26. The van der Waals surface area contributed by atoms with Gasteiger partial charge in [0, 0.05) is 12.3 Å². The zero-order valence-corrected chi connectivity index (χ0v) is 7.26. The van der Waals surface area contributed by atoms with Gasteiger partial charge >= 0.3 is 6.18 Å². The van der Waals surface area contributed by atoms with Gasteiger partial charge in [-0.25, -0.2) is 4.98 Å². The summed E-state index contributed by atoms with van der Waals surface area (Å²) in [6.07, 6.45) is -4.44. The van der Waals surface area contributed by atoms with Gasteiger partial charge in [0.2, 0.25) is 0 Å². The SMILES string of the molecule is CC(CC#N)c1nc(C(F)(F)F)n[nH]1. The largest absolute Gasteiger partial charge is 0.453 e. The van der Waals surface area contributed by atoms with Gasteiger partial charge in [-0.05, 0) is 0 Å². The first kappa shape index (κ1) is 10.5. The van der Waals surface area contributed by atoms with Crippen molar-refractivity contribution in [3.05, 3.63) is 11.6 Å². The maximum atomic E-state index is 12.0. The van der Waals surface area contributed by atoms with Crippen molar-refractivity contribution >= 4 is 0 Å². The molecule has 1 aromatic heterocycles. The van der Waals surface area contributed by atoms with Crippen molar-refractivity contribution in [3.63, 3.8) is 0 Å². The van der Waals surface area contributed by atoms with Crippen molar-refractivity contribution < 1.29 is 13.2 Å². The van der Waals surface area contributed by atoms with Gasteiger partial charge in [0.25, 0.3) is 5.82 Å². The lowest BCUT2D eigenvalue weighted by Gasteiger charge is -2.00. The monoisotopic (exact) mass is 204 g/mol. The molecule has 0 bridgehead atoms. The summed E-state index contributed by atoms with van der Waals surface area (Å²) in [6, 6.07) is 1.84. The number of H-pyrrole nitrogens is 1. The molecule has 76 valence electrons. The van der Waals surface area contributed by atoms with Crippen LogP contribution in [0.4, 0.5) is 13.2 Å². The molecule has 1 aromatic rings. The zero-order chi connectivity index (χ0) is 10.8.